The smallest absolute Gasteiger partial charge is 0.356 e. The second kappa shape index (κ2) is 10.8. The molecule has 0 fully saturated rings. The highest BCUT2D eigenvalue weighted by atomic mass is 19.4. The van der Waals surface area contributed by atoms with Crippen molar-refractivity contribution in [1.29, 1.82) is 0 Å². The van der Waals surface area contributed by atoms with Gasteiger partial charge < -0.3 is 10.6 Å². The van der Waals surface area contributed by atoms with Gasteiger partial charge in [-0.25, -0.2) is 4.79 Å². The van der Waals surface area contributed by atoms with Crippen molar-refractivity contribution in [3.8, 4) is 0 Å². The van der Waals surface area contributed by atoms with E-state index >= 15 is 0 Å². The second-order valence-electron chi connectivity index (χ2n) is 7.58. The quantitative estimate of drug-likeness (QED) is 0.620. The Morgan fingerprint density at radius 3 is 2.06 bits per heavy atom. The molecule has 0 saturated carbocycles. The molecule has 0 aliphatic carbocycles. The molecule has 31 heavy (non-hydrogen) atoms. The van der Waals surface area contributed by atoms with E-state index in [2.05, 4.69) is 10.6 Å². The third-order valence-corrected chi connectivity index (χ3v) is 4.46. The Morgan fingerprint density at radius 2 is 1.55 bits per heavy atom. The van der Waals surface area contributed by atoms with Crippen LogP contribution in [0.5, 0.6) is 0 Å². The van der Waals surface area contributed by atoms with E-state index in [9.17, 15) is 22.8 Å². The summed E-state index contributed by atoms with van der Waals surface area (Å²) in [5, 5.41) is 5.62. The van der Waals surface area contributed by atoms with E-state index in [0.717, 1.165) is 24.1 Å². The molecule has 5 nitrogen and oxygen atoms in total. The van der Waals surface area contributed by atoms with Crippen LogP contribution in [-0.4, -0.2) is 24.5 Å². The van der Waals surface area contributed by atoms with Crippen molar-refractivity contribution >= 4 is 17.6 Å². The first-order chi connectivity index (χ1) is 14.6. The molecule has 0 bridgehead atoms. The average molecular weight is 435 g/mol. The van der Waals surface area contributed by atoms with E-state index in [-0.39, 0.29) is 30.9 Å². The first-order valence-corrected chi connectivity index (χ1v) is 10.2. The molecular formula is C23H28F3N3O2. The number of benzene rings is 2. The van der Waals surface area contributed by atoms with Crippen LogP contribution in [0.4, 0.5) is 23.7 Å². The summed E-state index contributed by atoms with van der Waals surface area (Å²) < 4.78 is 38.4. The van der Waals surface area contributed by atoms with Crippen LogP contribution >= 0.6 is 0 Å². The van der Waals surface area contributed by atoms with Gasteiger partial charge in [-0.2, -0.15) is 13.2 Å². The van der Waals surface area contributed by atoms with Crippen LogP contribution < -0.4 is 15.5 Å². The Morgan fingerprint density at radius 1 is 0.968 bits per heavy atom. The van der Waals surface area contributed by atoms with Crippen LogP contribution in [0, 0.1) is 0 Å². The summed E-state index contributed by atoms with van der Waals surface area (Å²) in [6.45, 7) is 6.35. The van der Waals surface area contributed by atoms with Gasteiger partial charge in [-0.1, -0.05) is 31.2 Å². The van der Waals surface area contributed by atoms with Gasteiger partial charge in [0.25, 0.3) is 0 Å². The number of halogens is 3. The van der Waals surface area contributed by atoms with Crippen molar-refractivity contribution in [3.05, 3.63) is 65.2 Å². The summed E-state index contributed by atoms with van der Waals surface area (Å²) in [4.78, 5) is 26.1. The van der Waals surface area contributed by atoms with Crippen LogP contribution in [0.2, 0.25) is 0 Å². The third kappa shape index (κ3) is 7.62. The topological polar surface area (TPSA) is 61.4 Å². The predicted octanol–water partition coefficient (Wildman–Crippen LogP) is 4.90. The van der Waals surface area contributed by atoms with Gasteiger partial charge in [0.15, 0.2) is 0 Å². The summed E-state index contributed by atoms with van der Waals surface area (Å²) in [6, 6.07) is 11.3. The summed E-state index contributed by atoms with van der Waals surface area (Å²) in [6.07, 6.45) is -3.32. The number of carbonyl (C=O) groups excluding carboxylic acids is 2. The Balaban J connectivity index is 2.19. The van der Waals surface area contributed by atoms with Gasteiger partial charge in [-0.15, -0.1) is 0 Å². The number of rotatable bonds is 8. The Kier molecular flexibility index (Phi) is 8.47. The van der Waals surface area contributed by atoms with Gasteiger partial charge in [0.2, 0.25) is 5.91 Å². The summed E-state index contributed by atoms with van der Waals surface area (Å²) >= 11 is 0. The third-order valence-electron chi connectivity index (χ3n) is 4.46. The molecule has 2 aromatic carbocycles. The number of hydrogen-bond donors (Lipinski definition) is 2. The van der Waals surface area contributed by atoms with E-state index in [1.165, 1.54) is 17.0 Å². The Bertz CT molecular complexity index is 863. The lowest BCUT2D eigenvalue weighted by Gasteiger charge is -2.25. The second-order valence-corrected chi connectivity index (χ2v) is 7.58. The van der Waals surface area contributed by atoms with Crippen molar-refractivity contribution in [3.63, 3.8) is 0 Å². The molecular weight excluding hydrogens is 407 g/mol. The zero-order chi connectivity index (χ0) is 23.0. The maximum Gasteiger partial charge on any atom is 0.416 e. The number of anilines is 1. The molecule has 0 atom stereocenters. The van der Waals surface area contributed by atoms with Crippen LogP contribution in [0.15, 0.2) is 48.5 Å². The maximum atomic E-state index is 12.8. The fourth-order valence-electron chi connectivity index (χ4n) is 2.89. The van der Waals surface area contributed by atoms with Gasteiger partial charge in [0.1, 0.15) is 0 Å². The van der Waals surface area contributed by atoms with E-state index in [1.807, 2.05) is 20.8 Å². The van der Waals surface area contributed by atoms with Crippen LogP contribution in [0.1, 0.15) is 43.9 Å². The Hall–Kier alpha value is -3.03. The first-order valence-electron chi connectivity index (χ1n) is 10.2. The molecule has 0 radical (unpaired) electrons. The standard InChI is InChI=1S/C23H28F3N3O2/c1-4-13-27-21(30)14-17-7-11-20(12-8-17)29(22(31)28-16(2)3)15-18-5-9-19(10-6-18)23(24,25)26/h5-12,16H,4,13-15H2,1-3H3,(H,27,30)(H,28,31). The number of alkyl halides is 3. The molecule has 0 spiro atoms. The van der Waals surface area contributed by atoms with Crippen LogP contribution in [-0.2, 0) is 23.9 Å². The van der Waals surface area contributed by atoms with Crippen molar-refractivity contribution in [2.75, 3.05) is 11.4 Å². The number of amides is 3. The molecule has 2 rings (SSSR count). The highest BCUT2D eigenvalue weighted by Gasteiger charge is 2.30. The summed E-state index contributed by atoms with van der Waals surface area (Å²) in [7, 11) is 0. The van der Waals surface area contributed by atoms with E-state index in [4.69, 9.17) is 0 Å². The molecule has 0 aliphatic rings. The highest BCUT2D eigenvalue weighted by Crippen LogP contribution is 2.29. The molecule has 0 saturated heterocycles. The molecule has 0 heterocycles. The van der Waals surface area contributed by atoms with Gasteiger partial charge in [0.05, 0.1) is 18.5 Å². The maximum absolute atomic E-state index is 12.8. The van der Waals surface area contributed by atoms with E-state index in [1.54, 1.807) is 24.3 Å². The van der Waals surface area contributed by atoms with Gasteiger partial charge in [-0.3, -0.25) is 9.69 Å². The average Bonchev–Trinajstić information content (AvgIpc) is 2.70. The molecule has 2 aromatic rings. The number of urea groups is 1. The monoisotopic (exact) mass is 435 g/mol. The highest BCUT2D eigenvalue weighted by molar-refractivity contribution is 5.92. The zero-order valence-electron chi connectivity index (χ0n) is 17.9. The predicted molar refractivity (Wildman–Crippen MR) is 115 cm³/mol. The van der Waals surface area contributed by atoms with Crippen molar-refractivity contribution in [2.45, 2.75) is 52.4 Å². The lowest BCUT2D eigenvalue weighted by molar-refractivity contribution is -0.137. The minimum absolute atomic E-state index is 0.0752. The summed E-state index contributed by atoms with van der Waals surface area (Å²) in [5.41, 5.74) is 1.21. The number of nitrogens with zero attached hydrogens (tertiary/aromatic N) is 1. The fraction of sp³-hybridized carbons (Fsp3) is 0.391. The van der Waals surface area contributed by atoms with E-state index < -0.39 is 11.7 Å². The summed E-state index contributed by atoms with van der Waals surface area (Å²) in [5.74, 6) is -0.0752. The normalized spacial score (nSPS) is 11.3. The van der Waals surface area contributed by atoms with Crippen LogP contribution in [0.3, 0.4) is 0 Å². The number of nitrogens with one attached hydrogen (secondary N) is 2. The molecule has 168 valence electrons. The Labute approximate surface area is 180 Å². The van der Waals surface area contributed by atoms with Gasteiger partial charge in [0, 0.05) is 18.3 Å². The fourth-order valence-corrected chi connectivity index (χ4v) is 2.89. The number of hydrogen-bond acceptors (Lipinski definition) is 2. The van der Waals surface area contributed by atoms with E-state index in [0.29, 0.717) is 17.8 Å². The lowest BCUT2D eigenvalue weighted by atomic mass is 10.1. The largest absolute Gasteiger partial charge is 0.416 e. The minimum Gasteiger partial charge on any atom is -0.356 e. The zero-order valence-corrected chi connectivity index (χ0v) is 17.9. The minimum atomic E-state index is -4.41. The van der Waals surface area contributed by atoms with Crippen molar-refractivity contribution in [2.24, 2.45) is 0 Å². The van der Waals surface area contributed by atoms with Crippen LogP contribution in [0.25, 0.3) is 0 Å². The van der Waals surface area contributed by atoms with Gasteiger partial charge in [-0.05, 0) is 55.7 Å². The molecule has 0 aromatic heterocycles. The van der Waals surface area contributed by atoms with Crippen molar-refractivity contribution < 1.29 is 22.8 Å². The van der Waals surface area contributed by atoms with Crippen molar-refractivity contribution in [1.82, 2.24) is 10.6 Å². The molecule has 2 N–H and O–H groups in total. The lowest BCUT2D eigenvalue weighted by Crippen LogP contribution is -2.42. The molecule has 3 amide bonds. The van der Waals surface area contributed by atoms with Gasteiger partial charge >= 0.3 is 12.2 Å². The number of carbonyl (C=O) groups is 2. The molecule has 0 unspecified atom stereocenters. The molecule has 8 heteroatoms. The molecule has 0 aliphatic heterocycles. The SMILES string of the molecule is CCCNC(=O)Cc1ccc(N(Cc2ccc(C(F)(F)F)cc2)C(=O)NC(C)C)cc1. The first kappa shape index (κ1) is 24.2.